The number of amides is 2. The average Bonchev–Trinajstić information content (AvgIpc) is 3.40. The topological polar surface area (TPSA) is 56.8 Å². The van der Waals surface area contributed by atoms with Gasteiger partial charge in [-0.2, -0.15) is 0 Å². The molecule has 33 heavy (non-hydrogen) atoms. The van der Waals surface area contributed by atoms with Crippen LogP contribution in [0.15, 0.2) is 46.9 Å². The molecule has 1 aliphatic heterocycles. The van der Waals surface area contributed by atoms with Crippen molar-refractivity contribution >= 4 is 60.1 Å². The highest BCUT2D eigenvalue weighted by Gasteiger charge is 2.38. The first kappa shape index (κ1) is 23.8. The van der Waals surface area contributed by atoms with E-state index in [9.17, 15) is 14.0 Å². The summed E-state index contributed by atoms with van der Waals surface area (Å²) in [5.41, 5.74) is 1.45. The van der Waals surface area contributed by atoms with Crippen LogP contribution in [0, 0.1) is 11.7 Å². The fourth-order valence-electron chi connectivity index (χ4n) is 4.05. The highest BCUT2D eigenvalue weighted by molar-refractivity contribution is 9.10. The molecule has 0 N–H and O–H groups in total. The predicted octanol–water partition coefficient (Wildman–Crippen LogP) is 4.93. The molecule has 0 radical (unpaired) electrons. The van der Waals surface area contributed by atoms with E-state index < -0.39 is 5.92 Å². The fraction of sp³-hybridized carbons (Fsp3) is 0.375. The first-order valence-corrected chi connectivity index (χ1v) is 12.7. The number of anilines is 2. The van der Waals surface area contributed by atoms with Crippen LogP contribution in [0.25, 0.3) is 10.2 Å². The standard InChI is InChI=1S/C24H26BrFN4O2S/c1-3-28(4-2)11-12-29(24-27-20-10-5-17(25)14-21(20)33-24)23(32)16-13-22(31)30(15-16)19-8-6-18(26)7-9-19/h5-10,14,16H,3-4,11-13,15H2,1-2H3. The van der Waals surface area contributed by atoms with Crippen molar-refractivity contribution < 1.29 is 14.0 Å². The number of aromatic nitrogens is 1. The molecule has 2 amide bonds. The number of hydrogen-bond donors (Lipinski definition) is 0. The van der Waals surface area contributed by atoms with Crippen molar-refractivity contribution in [2.24, 2.45) is 5.92 Å². The van der Waals surface area contributed by atoms with E-state index in [-0.39, 0.29) is 30.6 Å². The molecule has 1 saturated heterocycles. The predicted molar refractivity (Wildman–Crippen MR) is 134 cm³/mol. The van der Waals surface area contributed by atoms with Crippen LogP contribution >= 0.6 is 27.3 Å². The van der Waals surface area contributed by atoms with Gasteiger partial charge in [-0.3, -0.25) is 14.5 Å². The third kappa shape index (κ3) is 5.26. The lowest BCUT2D eigenvalue weighted by atomic mass is 10.1. The number of likely N-dealkylation sites (N-methyl/N-ethyl adjacent to an activating group) is 1. The summed E-state index contributed by atoms with van der Waals surface area (Å²) in [6.07, 6.45) is 0.133. The highest BCUT2D eigenvalue weighted by Crippen LogP contribution is 2.33. The number of halogens is 2. The quantitative estimate of drug-likeness (QED) is 0.413. The average molecular weight is 533 g/mol. The molecule has 1 unspecified atom stereocenters. The molecule has 3 aromatic rings. The number of carbonyl (C=O) groups excluding carboxylic acids is 2. The Balaban J connectivity index is 1.59. The second-order valence-corrected chi connectivity index (χ2v) is 9.93. The van der Waals surface area contributed by atoms with Crippen LogP contribution in [0.4, 0.5) is 15.2 Å². The Morgan fingerprint density at radius 3 is 2.61 bits per heavy atom. The first-order chi connectivity index (χ1) is 15.9. The molecule has 2 heterocycles. The molecule has 6 nitrogen and oxygen atoms in total. The van der Waals surface area contributed by atoms with E-state index in [4.69, 9.17) is 4.98 Å². The van der Waals surface area contributed by atoms with Crippen molar-refractivity contribution in [3.05, 3.63) is 52.8 Å². The number of thiazole rings is 1. The van der Waals surface area contributed by atoms with Crippen molar-refractivity contribution in [2.75, 3.05) is 42.5 Å². The van der Waals surface area contributed by atoms with Crippen LogP contribution in [0.2, 0.25) is 0 Å². The molecule has 9 heteroatoms. The van der Waals surface area contributed by atoms with E-state index in [2.05, 4.69) is 34.7 Å². The number of fused-ring (bicyclic) bond motifs is 1. The first-order valence-electron chi connectivity index (χ1n) is 11.0. The molecule has 4 rings (SSSR count). The summed E-state index contributed by atoms with van der Waals surface area (Å²) in [5.74, 6) is -1.06. The van der Waals surface area contributed by atoms with Crippen LogP contribution in [-0.4, -0.2) is 54.4 Å². The number of benzene rings is 2. The van der Waals surface area contributed by atoms with Gasteiger partial charge in [-0.25, -0.2) is 9.37 Å². The second-order valence-electron chi connectivity index (χ2n) is 8.01. The summed E-state index contributed by atoms with van der Waals surface area (Å²) < 4.78 is 15.3. The summed E-state index contributed by atoms with van der Waals surface area (Å²) >= 11 is 4.97. The molecule has 1 atom stereocenters. The van der Waals surface area contributed by atoms with Crippen molar-refractivity contribution in [2.45, 2.75) is 20.3 Å². The lowest BCUT2D eigenvalue weighted by Crippen LogP contribution is -2.42. The van der Waals surface area contributed by atoms with E-state index in [1.165, 1.54) is 23.5 Å². The van der Waals surface area contributed by atoms with Crippen molar-refractivity contribution in [1.29, 1.82) is 0 Å². The molecule has 174 valence electrons. The summed E-state index contributed by atoms with van der Waals surface area (Å²) in [6.45, 7) is 7.49. The molecule has 0 bridgehead atoms. The van der Waals surface area contributed by atoms with E-state index >= 15 is 0 Å². The Labute approximate surface area is 205 Å². The minimum absolute atomic E-state index is 0.0989. The van der Waals surface area contributed by atoms with Gasteiger partial charge in [0.15, 0.2) is 5.13 Å². The van der Waals surface area contributed by atoms with Crippen molar-refractivity contribution in [1.82, 2.24) is 9.88 Å². The Hall–Kier alpha value is -2.36. The molecule has 1 fully saturated rings. The van der Waals surface area contributed by atoms with Crippen LogP contribution in [0.1, 0.15) is 20.3 Å². The number of hydrogen-bond acceptors (Lipinski definition) is 5. The van der Waals surface area contributed by atoms with E-state index in [1.807, 2.05) is 18.2 Å². The lowest BCUT2D eigenvalue weighted by Gasteiger charge is -2.26. The van der Waals surface area contributed by atoms with Crippen LogP contribution < -0.4 is 9.80 Å². The maximum Gasteiger partial charge on any atom is 0.234 e. The number of nitrogens with zero attached hydrogens (tertiary/aromatic N) is 4. The molecule has 2 aromatic carbocycles. The molecule has 1 aliphatic rings. The Morgan fingerprint density at radius 2 is 1.91 bits per heavy atom. The second kappa shape index (κ2) is 10.3. The Morgan fingerprint density at radius 1 is 1.18 bits per heavy atom. The molecule has 0 saturated carbocycles. The van der Waals surface area contributed by atoms with Crippen LogP contribution in [0.3, 0.4) is 0 Å². The van der Waals surface area contributed by atoms with E-state index in [0.717, 1.165) is 34.3 Å². The molecular weight excluding hydrogens is 507 g/mol. The van der Waals surface area contributed by atoms with Gasteiger partial charge in [-0.05, 0) is 55.6 Å². The van der Waals surface area contributed by atoms with E-state index in [1.54, 1.807) is 21.9 Å². The smallest absolute Gasteiger partial charge is 0.234 e. The van der Waals surface area contributed by atoms with Crippen LogP contribution in [-0.2, 0) is 9.59 Å². The van der Waals surface area contributed by atoms with Gasteiger partial charge in [0.05, 0.1) is 16.1 Å². The zero-order valence-corrected chi connectivity index (χ0v) is 21.0. The monoisotopic (exact) mass is 532 g/mol. The summed E-state index contributed by atoms with van der Waals surface area (Å²) in [4.78, 5) is 36.7. The molecule has 1 aromatic heterocycles. The van der Waals surface area contributed by atoms with Gasteiger partial charge in [0, 0.05) is 36.2 Å². The van der Waals surface area contributed by atoms with Crippen molar-refractivity contribution in [3.63, 3.8) is 0 Å². The van der Waals surface area contributed by atoms with E-state index in [0.29, 0.717) is 17.4 Å². The SMILES string of the molecule is CCN(CC)CCN(C(=O)C1CC(=O)N(c2ccc(F)cc2)C1)c1nc2ccc(Br)cc2s1. The zero-order valence-electron chi connectivity index (χ0n) is 18.6. The number of rotatable bonds is 8. The maximum absolute atomic E-state index is 13.7. The van der Waals surface area contributed by atoms with Crippen LogP contribution in [0.5, 0.6) is 0 Å². The fourth-order valence-corrected chi connectivity index (χ4v) is 5.60. The van der Waals surface area contributed by atoms with Gasteiger partial charge < -0.3 is 9.80 Å². The minimum atomic E-state index is -0.474. The van der Waals surface area contributed by atoms with Gasteiger partial charge in [0.2, 0.25) is 11.8 Å². The minimum Gasteiger partial charge on any atom is -0.312 e. The lowest BCUT2D eigenvalue weighted by molar-refractivity contribution is -0.124. The summed E-state index contributed by atoms with van der Waals surface area (Å²) in [5, 5.41) is 0.646. The number of carbonyl (C=O) groups is 2. The molecule has 0 spiro atoms. The maximum atomic E-state index is 13.7. The molecule has 0 aliphatic carbocycles. The normalized spacial score (nSPS) is 16.2. The summed E-state index contributed by atoms with van der Waals surface area (Å²) in [6, 6.07) is 11.7. The highest BCUT2D eigenvalue weighted by atomic mass is 79.9. The third-order valence-corrected chi connectivity index (χ3v) is 7.52. The third-order valence-electron chi connectivity index (χ3n) is 5.98. The van der Waals surface area contributed by atoms with Gasteiger partial charge in [-0.15, -0.1) is 0 Å². The van der Waals surface area contributed by atoms with Gasteiger partial charge >= 0.3 is 0 Å². The van der Waals surface area contributed by atoms with Gasteiger partial charge in [-0.1, -0.05) is 41.1 Å². The zero-order chi connectivity index (χ0) is 23.5. The van der Waals surface area contributed by atoms with Crippen molar-refractivity contribution in [3.8, 4) is 0 Å². The Bertz CT molecular complexity index is 1150. The molecular formula is C24H26BrFN4O2S. The van der Waals surface area contributed by atoms with Gasteiger partial charge in [0.25, 0.3) is 0 Å². The summed E-state index contributed by atoms with van der Waals surface area (Å²) in [7, 11) is 0. The van der Waals surface area contributed by atoms with Gasteiger partial charge in [0.1, 0.15) is 5.82 Å². The largest absolute Gasteiger partial charge is 0.312 e. The Kier molecular flexibility index (Phi) is 7.41.